The standard InChI is InChI=1S/C12H22N2O2/c13-9-10(8-11-4-3-7-16-11)12(15)14-5-1-2-6-14/h10-11H,1-9,13H2. The van der Waals surface area contributed by atoms with E-state index in [0.717, 1.165) is 51.8 Å². The molecule has 2 atom stereocenters. The van der Waals surface area contributed by atoms with Gasteiger partial charge in [-0.2, -0.15) is 0 Å². The molecule has 0 aromatic heterocycles. The summed E-state index contributed by atoms with van der Waals surface area (Å²) in [7, 11) is 0. The van der Waals surface area contributed by atoms with Gasteiger partial charge in [-0.15, -0.1) is 0 Å². The fraction of sp³-hybridized carbons (Fsp3) is 0.917. The summed E-state index contributed by atoms with van der Waals surface area (Å²) < 4.78 is 5.57. The molecule has 4 nitrogen and oxygen atoms in total. The van der Waals surface area contributed by atoms with Gasteiger partial charge in [-0.05, 0) is 32.1 Å². The minimum Gasteiger partial charge on any atom is -0.378 e. The van der Waals surface area contributed by atoms with Crippen molar-refractivity contribution in [2.45, 2.75) is 38.2 Å². The van der Waals surface area contributed by atoms with Crippen molar-refractivity contribution in [3.63, 3.8) is 0 Å². The van der Waals surface area contributed by atoms with Crippen molar-refractivity contribution in [1.82, 2.24) is 4.90 Å². The summed E-state index contributed by atoms with van der Waals surface area (Å²) >= 11 is 0. The van der Waals surface area contributed by atoms with Gasteiger partial charge in [0.05, 0.1) is 12.0 Å². The van der Waals surface area contributed by atoms with E-state index >= 15 is 0 Å². The predicted octanol–water partition coefficient (Wildman–Crippen LogP) is 0.753. The molecule has 2 aliphatic rings. The Hall–Kier alpha value is -0.610. The molecule has 0 bridgehead atoms. The number of likely N-dealkylation sites (tertiary alicyclic amines) is 1. The van der Waals surface area contributed by atoms with Crippen LogP contribution in [0, 0.1) is 5.92 Å². The molecule has 2 N–H and O–H groups in total. The maximum absolute atomic E-state index is 12.2. The molecule has 0 aromatic rings. The van der Waals surface area contributed by atoms with E-state index in [2.05, 4.69) is 0 Å². The summed E-state index contributed by atoms with van der Waals surface area (Å²) in [6.07, 6.45) is 5.57. The molecule has 2 fully saturated rings. The third-order valence-electron chi connectivity index (χ3n) is 3.62. The predicted molar refractivity (Wildman–Crippen MR) is 61.9 cm³/mol. The van der Waals surface area contributed by atoms with Crippen LogP contribution in [0.3, 0.4) is 0 Å². The van der Waals surface area contributed by atoms with E-state index in [-0.39, 0.29) is 17.9 Å². The van der Waals surface area contributed by atoms with Crippen molar-refractivity contribution >= 4 is 5.91 Å². The average molecular weight is 226 g/mol. The Morgan fingerprint density at radius 1 is 1.38 bits per heavy atom. The highest BCUT2D eigenvalue weighted by Crippen LogP contribution is 2.22. The van der Waals surface area contributed by atoms with Crippen LogP contribution in [0.2, 0.25) is 0 Å². The van der Waals surface area contributed by atoms with Crippen LogP contribution in [0.15, 0.2) is 0 Å². The van der Waals surface area contributed by atoms with Crippen molar-refractivity contribution in [3.8, 4) is 0 Å². The highest BCUT2D eigenvalue weighted by molar-refractivity contribution is 5.79. The Balaban J connectivity index is 1.84. The van der Waals surface area contributed by atoms with Crippen LogP contribution in [0.4, 0.5) is 0 Å². The summed E-state index contributed by atoms with van der Waals surface area (Å²) in [5.41, 5.74) is 5.72. The highest BCUT2D eigenvalue weighted by atomic mass is 16.5. The van der Waals surface area contributed by atoms with Crippen LogP contribution in [-0.4, -0.2) is 43.2 Å². The van der Waals surface area contributed by atoms with Gasteiger partial charge < -0.3 is 15.4 Å². The first-order valence-electron chi connectivity index (χ1n) is 6.41. The summed E-state index contributed by atoms with van der Waals surface area (Å²) in [6, 6.07) is 0. The van der Waals surface area contributed by atoms with Gasteiger partial charge in [0.25, 0.3) is 0 Å². The molecule has 0 aromatic carbocycles. The molecule has 0 radical (unpaired) electrons. The quantitative estimate of drug-likeness (QED) is 0.769. The van der Waals surface area contributed by atoms with Crippen LogP contribution in [0.25, 0.3) is 0 Å². The van der Waals surface area contributed by atoms with Crippen molar-refractivity contribution in [2.75, 3.05) is 26.2 Å². The topological polar surface area (TPSA) is 55.6 Å². The zero-order chi connectivity index (χ0) is 11.4. The lowest BCUT2D eigenvalue weighted by atomic mass is 9.98. The molecule has 2 heterocycles. The maximum Gasteiger partial charge on any atom is 0.227 e. The van der Waals surface area contributed by atoms with Gasteiger partial charge in [-0.25, -0.2) is 0 Å². The molecule has 2 rings (SSSR count). The second-order valence-corrected chi connectivity index (χ2v) is 4.84. The number of nitrogens with two attached hydrogens (primary N) is 1. The number of ether oxygens (including phenoxy) is 1. The normalized spacial score (nSPS) is 27.3. The van der Waals surface area contributed by atoms with E-state index in [1.165, 1.54) is 0 Å². The van der Waals surface area contributed by atoms with Crippen LogP contribution in [-0.2, 0) is 9.53 Å². The monoisotopic (exact) mass is 226 g/mol. The molecule has 92 valence electrons. The third kappa shape index (κ3) is 2.74. The molecule has 0 spiro atoms. The van der Waals surface area contributed by atoms with E-state index in [9.17, 15) is 4.79 Å². The fourth-order valence-electron chi connectivity index (χ4n) is 2.64. The Morgan fingerprint density at radius 2 is 2.12 bits per heavy atom. The smallest absolute Gasteiger partial charge is 0.227 e. The number of rotatable bonds is 4. The third-order valence-corrected chi connectivity index (χ3v) is 3.62. The lowest BCUT2D eigenvalue weighted by Crippen LogP contribution is -2.38. The Morgan fingerprint density at radius 3 is 2.69 bits per heavy atom. The first-order chi connectivity index (χ1) is 7.81. The lowest BCUT2D eigenvalue weighted by molar-refractivity contribution is -0.135. The molecular weight excluding hydrogens is 204 g/mol. The number of amides is 1. The van der Waals surface area contributed by atoms with E-state index in [4.69, 9.17) is 10.5 Å². The number of hydrogen-bond acceptors (Lipinski definition) is 3. The molecule has 4 heteroatoms. The van der Waals surface area contributed by atoms with Crippen LogP contribution >= 0.6 is 0 Å². The zero-order valence-electron chi connectivity index (χ0n) is 9.86. The van der Waals surface area contributed by atoms with Crippen molar-refractivity contribution in [2.24, 2.45) is 11.7 Å². The summed E-state index contributed by atoms with van der Waals surface area (Å²) in [4.78, 5) is 14.1. The number of carbonyl (C=O) groups excluding carboxylic acids is 1. The van der Waals surface area contributed by atoms with Gasteiger partial charge in [0.2, 0.25) is 5.91 Å². The molecular formula is C12H22N2O2. The molecule has 2 aliphatic heterocycles. The van der Waals surface area contributed by atoms with Crippen molar-refractivity contribution in [3.05, 3.63) is 0 Å². The van der Waals surface area contributed by atoms with Gasteiger partial charge in [-0.1, -0.05) is 0 Å². The average Bonchev–Trinajstić information content (AvgIpc) is 2.97. The number of carbonyl (C=O) groups is 1. The second kappa shape index (κ2) is 5.64. The van der Waals surface area contributed by atoms with E-state index in [1.807, 2.05) is 4.90 Å². The Kier molecular flexibility index (Phi) is 4.18. The summed E-state index contributed by atoms with van der Waals surface area (Å²) in [5.74, 6) is 0.219. The van der Waals surface area contributed by atoms with Crippen molar-refractivity contribution in [1.29, 1.82) is 0 Å². The Bertz CT molecular complexity index is 233. The van der Waals surface area contributed by atoms with E-state index in [1.54, 1.807) is 0 Å². The van der Waals surface area contributed by atoms with E-state index in [0.29, 0.717) is 6.54 Å². The van der Waals surface area contributed by atoms with Gasteiger partial charge in [0.1, 0.15) is 0 Å². The van der Waals surface area contributed by atoms with Gasteiger partial charge in [-0.3, -0.25) is 4.79 Å². The molecule has 1 amide bonds. The van der Waals surface area contributed by atoms with Crippen LogP contribution in [0.1, 0.15) is 32.1 Å². The molecule has 0 aliphatic carbocycles. The van der Waals surface area contributed by atoms with Crippen LogP contribution in [0.5, 0.6) is 0 Å². The summed E-state index contributed by atoms with van der Waals surface area (Å²) in [6.45, 7) is 3.14. The van der Waals surface area contributed by atoms with Gasteiger partial charge >= 0.3 is 0 Å². The Labute approximate surface area is 97.1 Å². The lowest BCUT2D eigenvalue weighted by Gasteiger charge is -2.23. The SMILES string of the molecule is NCC(CC1CCCO1)C(=O)N1CCCC1. The first kappa shape index (κ1) is 11.9. The fourth-order valence-corrected chi connectivity index (χ4v) is 2.64. The second-order valence-electron chi connectivity index (χ2n) is 4.84. The minimum absolute atomic E-state index is 0.0267. The highest BCUT2D eigenvalue weighted by Gasteiger charge is 2.29. The van der Waals surface area contributed by atoms with Crippen molar-refractivity contribution < 1.29 is 9.53 Å². The molecule has 2 unspecified atom stereocenters. The maximum atomic E-state index is 12.2. The molecule has 2 saturated heterocycles. The summed E-state index contributed by atoms with van der Waals surface area (Å²) in [5, 5.41) is 0. The molecule has 16 heavy (non-hydrogen) atoms. The van der Waals surface area contributed by atoms with E-state index < -0.39 is 0 Å². The molecule has 0 saturated carbocycles. The minimum atomic E-state index is -0.0267. The number of nitrogens with zero attached hydrogens (tertiary/aromatic N) is 1. The largest absolute Gasteiger partial charge is 0.378 e. The number of hydrogen-bond donors (Lipinski definition) is 1. The van der Waals surface area contributed by atoms with Gasteiger partial charge in [0.15, 0.2) is 0 Å². The zero-order valence-corrected chi connectivity index (χ0v) is 9.86. The van der Waals surface area contributed by atoms with Gasteiger partial charge in [0, 0.05) is 26.2 Å². The first-order valence-corrected chi connectivity index (χ1v) is 6.41. The van der Waals surface area contributed by atoms with Crippen LogP contribution < -0.4 is 5.73 Å².